The van der Waals surface area contributed by atoms with Crippen molar-refractivity contribution in [2.24, 2.45) is 5.92 Å². The zero-order valence-corrected chi connectivity index (χ0v) is 8.21. The van der Waals surface area contributed by atoms with Gasteiger partial charge in [-0.3, -0.25) is 4.79 Å². The van der Waals surface area contributed by atoms with Gasteiger partial charge in [0.2, 0.25) is 5.91 Å². The summed E-state index contributed by atoms with van der Waals surface area (Å²) in [6.07, 6.45) is 2.23. The number of aryl methyl sites for hydroxylation is 1. The summed E-state index contributed by atoms with van der Waals surface area (Å²) in [6, 6.07) is 6.37. The molecule has 0 bridgehead atoms. The molecule has 1 N–H and O–H groups in total. The van der Waals surface area contributed by atoms with E-state index in [0.717, 1.165) is 12.1 Å². The highest BCUT2D eigenvalue weighted by atomic mass is 16.2. The van der Waals surface area contributed by atoms with E-state index in [9.17, 15) is 4.79 Å². The molecule has 1 aromatic carbocycles. The molecule has 2 atom stereocenters. The van der Waals surface area contributed by atoms with E-state index < -0.39 is 0 Å². The second kappa shape index (κ2) is 2.59. The van der Waals surface area contributed by atoms with Crippen LogP contribution in [0.3, 0.4) is 0 Å². The van der Waals surface area contributed by atoms with Gasteiger partial charge in [-0.15, -0.1) is 0 Å². The minimum atomic E-state index is 0.222. The zero-order valence-electron chi connectivity index (χ0n) is 8.21. The van der Waals surface area contributed by atoms with Crippen molar-refractivity contribution in [3.63, 3.8) is 0 Å². The average Bonchev–Trinajstić information content (AvgIpc) is 2.05. The van der Waals surface area contributed by atoms with Crippen molar-refractivity contribution in [1.82, 2.24) is 0 Å². The maximum atomic E-state index is 11.6. The molecule has 1 saturated carbocycles. The van der Waals surface area contributed by atoms with E-state index in [4.69, 9.17) is 0 Å². The molecule has 1 fully saturated rings. The quantitative estimate of drug-likeness (QED) is 0.664. The Labute approximate surface area is 83.3 Å². The van der Waals surface area contributed by atoms with E-state index in [1.807, 2.05) is 0 Å². The highest BCUT2D eigenvalue weighted by Gasteiger charge is 2.41. The van der Waals surface area contributed by atoms with Crippen molar-refractivity contribution in [3.8, 4) is 0 Å². The predicted molar refractivity (Wildman–Crippen MR) is 55.3 cm³/mol. The maximum Gasteiger partial charge on any atom is 0.228 e. The molecule has 1 heterocycles. The number of nitrogens with one attached hydrogen (secondary N) is 1. The minimum Gasteiger partial charge on any atom is -0.326 e. The van der Waals surface area contributed by atoms with Crippen LogP contribution in [-0.4, -0.2) is 5.91 Å². The van der Waals surface area contributed by atoms with E-state index in [2.05, 4.69) is 30.4 Å². The fourth-order valence-corrected chi connectivity index (χ4v) is 2.51. The Balaban J connectivity index is 2.11. The number of hydrogen-bond acceptors (Lipinski definition) is 1. The Morgan fingerprint density at radius 2 is 2.07 bits per heavy atom. The topological polar surface area (TPSA) is 29.1 Å². The zero-order chi connectivity index (χ0) is 9.71. The van der Waals surface area contributed by atoms with Crippen LogP contribution in [0, 0.1) is 12.8 Å². The monoisotopic (exact) mass is 187 g/mol. The number of anilines is 1. The molecule has 2 nitrogen and oxygen atoms in total. The summed E-state index contributed by atoms with van der Waals surface area (Å²) in [7, 11) is 0. The lowest BCUT2D eigenvalue weighted by Gasteiger charge is -2.40. The van der Waals surface area contributed by atoms with Crippen LogP contribution in [0.5, 0.6) is 0 Å². The number of benzene rings is 1. The van der Waals surface area contributed by atoms with E-state index in [1.165, 1.54) is 17.5 Å². The van der Waals surface area contributed by atoms with Gasteiger partial charge in [-0.05, 0) is 42.9 Å². The molecule has 3 rings (SSSR count). The van der Waals surface area contributed by atoms with Crippen LogP contribution in [0.2, 0.25) is 0 Å². The molecular weight excluding hydrogens is 174 g/mol. The van der Waals surface area contributed by atoms with Crippen LogP contribution in [0.25, 0.3) is 0 Å². The molecule has 1 aliphatic heterocycles. The largest absolute Gasteiger partial charge is 0.326 e. The van der Waals surface area contributed by atoms with E-state index >= 15 is 0 Å². The third kappa shape index (κ3) is 0.939. The van der Waals surface area contributed by atoms with E-state index in [-0.39, 0.29) is 11.8 Å². The first-order chi connectivity index (χ1) is 6.75. The molecular formula is C12H13NO. The summed E-state index contributed by atoms with van der Waals surface area (Å²) in [5.74, 6) is 0.976. The smallest absolute Gasteiger partial charge is 0.228 e. The normalized spacial score (nSPS) is 28.5. The van der Waals surface area contributed by atoms with Gasteiger partial charge >= 0.3 is 0 Å². The molecule has 2 heteroatoms. The third-order valence-corrected chi connectivity index (χ3v) is 3.48. The molecule has 0 aromatic heterocycles. The fourth-order valence-electron chi connectivity index (χ4n) is 2.51. The van der Waals surface area contributed by atoms with Gasteiger partial charge in [0.05, 0.1) is 0 Å². The molecule has 0 radical (unpaired) electrons. The number of amides is 1. The number of carbonyl (C=O) groups is 1. The second-order valence-electron chi connectivity index (χ2n) is 4.37. The van der Waals surface area contributed by atoms with Crippen molar-refractivity contribution < 1.29 is 4.79 Å². The summed E-state index contributed by atoms with van der Waals surface area (Å²) in [4.78, 5) is 11.6. The predicted octanol–water partition coefficient (Wildman–Crippen LogP) is 2.44. The van der Waals surface area contributed by atoms with Crippen LogP contribution in [-0.2, 0) is 4.79 Å². The van der Waals surface area contributed by atoms with Crippen molar-refractivity contribution in [1.29, 1.82) is 0 Å². The van der Waals surface area contributed by atoms with Crippen LogP contribution in [0.1, 0.15) is 29.9 Å². The standard InChI is InChI=1S/C12H13NO/c1-7-2-3-9-8-4-5-10(8)12(14)13-11(9)6-7/h2-3,6,8,10H,4-5H2,1H3,(H,13,14)/t8-,10?/m1/s1. The molecule has 1 aromatic rings. The molecule has 14 heavy (non-hydrogen) atoms. The van der Waals surface area contributed by atoms with Crippen LogP contribution in [0.4, 0.5) is 5.69 Å². The van der Waals surface area contributed by atoms with Crippen molar-refractivity contribution in [2.75, 3.05) is 5.32 Å². The van der Waals surface area contributed by atoms with Gasteiger partial charge in [0, 0.05) is 11.6 Å². The lowest BCUT2D eigenvalue weighted by atomic mass is 9.67. The minimum absolute atomic E-state index is 0.222. The Morgan fingerprint density at radius 3 is 2.79 bits per heavy atom. The second-order valence-corrected chi connectivity index (χ2v) is 4.37. The first-order valence-corrected chi connectivity index (χ1v) is 5.17. The highest BCUT2D eigenvalue weighted by molar-refractivity contribution is 5.97. The van der Waals surface area contributed by atoms with Crippen molar-refractivity contribution >= 4 is 11.6 Å². The van der Waals surface area contributed by atoms with E-state index in [1.54, 1.807) is 0 Å². The number of hydrogen-bond donors (Lipinski definition) is 1. The molecule has 0 saturated heterocycles. The third-order valence-electron chi connectivity index (χ3n) is 3.48. The van der Waals surface area contributed by atoms with Gasteiger partial charge in [-0.1, -0.05) is 12.1 Å². The first-order valence-electron chi connectivity index (χ1n) is 5.17. The van der Waals surface area contributed by atoms with Crippen LogP contribution >= 0.6 is 0 Å². The van der Waals surface area contributed by atoms with Crippen molar-refractivity contribution in [3.05, 3.63) is 29.3 Å². The Kier molecular flexibility index (Phi) is 1.49. The van der Waals surface area contributed by atoms with Gasteiger partial charge in [0.25, 0.3) is 0 Å². The van der Waals surface area contributed by atoms with Crippen LogP contribution in [0.15, 0.2) is 18.2 Å². The number of carbonyl (C=O) groups excluding carboxylic acids is 1. The lowest BCUT2D eigenvalue weighted by Crippen LogP contribution is -2.39. The summed E-state index contributed by atoms with van der Waals surface area (Å²) in [6.45, 7) is 2.05. The molecule has 0 spiro atoms. The highest BCUT2D eigenvalue weighted by Crippen LogP contribution is 2.48. The number of rotatable bonds is 0. The molecule has 2 aliphatic rings. The summed E-state index contributed by atoms with van der Waals surface area (Å²) < 4.78 is 0. The fraction of sp³-hybridized carbons (Fsp3) is 0.417. The SMILES string of the molecule is Cc1ccc2c(c1)NC(=O)C1CC[C@H]21. The number of fused-ring (bicyclic) bond motifs is 3. The average molecular weight is 187 g/mol. The van der Waals surface area contributed by atoms with E-state index in [0.29, 0.717) is 5.92 Å². The summed E-state index contributed by atoms with van der Waals surface area (Å²) in [5.41, 5.74) is 3.59. The molecule has 72 valence electrons. The molecule has 1 unspecified atom stereocenters. The summed E-state index contributed by atoms with van der Waals surface area (Å²) >= 11 is 0. The van der Waals surface area contributed by atoms with Gasteiger partial charge < -0.3 is 5.32 Å². The van der Waals surface area contributed by atoms with Gasteiger partial charge in [-0.2, -0.15) is 0 Å². The Hall–Kier alpha value is -1.31. The van der Waals surface area contributed by atoms with Gasteiger partial charge in [0.1, 0.15) is 0 Å². The molecule has 1 amide bonds. The maximum absolute atomic E-state index is 11.6. The van der Waals surface area contributed by atoms with Crippen molar-refractivity contribution in [2.45, 2.75) is 25.7 Å². The van der Waals surface area contributed by atoms with Crippen LogP contribution < -0.4 is 5.32 Å². The van der Waals surface area contributed by atoms with Gasteiger partial charge in [-0.25, -0.2) is 0 Å². The van der Waals surface area contributed by atoms with Gasteiger partial charge in [0.15, 0.2) is 0 Å². The first kappa shape index (κ1) is 8.04. The Morgan fingerprint density at radius 1 is 1.29 bits per heavy atom. The lowest BCUT2D eigenvalue weighted by molar-refractivity contribution is -0.123. The molecule has 1 aliphatic carbocycles. The summed E-state index contributed by atoms with van der Waals surface area (Å²) in [5, 5.41) is 2.99. The Bertz CT molecular complexity index is 411.